The summed E-state index contributed by atoms with van der Waals surface area (Å²) in [6, 6.07) is 11.3. The van der Waals surface area contributed by atoms with Crippen molar-refractivity contribution in [2.24, 2.45) is 10.7 Å². The average molecular weight is 304 g/mol. The minimum absolute atomic E-state index is 0.437. The molecule has 0 aliphatic heterocycles. The molecule has 0 amide bonds. The van der Waals surface area contributed by atoms with E-state index in [9.17, 15) is 0 Å². The molecule has 0 aliphatic rings. The van der Waals surface area contributed by atoms with E-state index in [1.165, 1.54) is 0 Å². The quantitative estimate of drug-likeness (QED) is 0.453. The van der Waals surface area contributed by atoms with Crippen molar-refractivity contribution in [3.63, 3.8) is 0 Å². The van der Waals surface area contributed by atoms with E-state index in [0.717, 1.165) is 11.1 Å². The third-order valence-electron chi connectivity index (χ3n) is 3.23. The molecule has 2 N–H and O–H groups in total. The molecule has 2 aromatic heterocycles. The third kappa shape index (κ3) is 3.03. The van der Waals surface area contributed by atoms with Crippen LogP contribution >= 0.6 is 0 Å². The van der Waals surface area contributed by atoms with E-state index in [4.69, 9.17) is 10.2 Å². The minimum atomic E-state index is 0.437. The lowest BCUT2D eigenvalue weighted by atomic mass is 10.1. The number of allylic oxidation sites excluding steroid dienone is 2. The second-order valence-electron chi connectivity index (χ2n) is 4.94. The van der Waals surface area contributed by atoms with Gasteiger partial charge in [0.15, 0.2) is 5.58 Å². The number of amidine groups is 1. The zero-order chi connectivity index (χ0) is 16.2. The maximum absolute atomic E-state index is 5.84. The summed E-state index contributed by atoms with van der Waals surface area (Å²) in [7, 11) is 0. The van der Waals surface area contributed by atoms with Gasteiger partial charge in [0.25, 0.3) is 0 Å². The van der Waals surface area contributed by atoms with Gasteiger partial charge in [-0.25, -0.2) is 9.98 Å². The third-order valence-corrected chi connectivity index (χ3v) is 3.23. The van der Waals surface area contributed by atoms with Gasteiger partial charge in [0, 0.05) is 18.0 Å². The van der Waals surface area contributed by atoms with Crippen molar-refractivity contribution < 1.29 is 4.42 Å². The van der Waals surface area contributed by atoms with Gasteiger partial charge in [-0.3, -0.25) is 4.98 Å². The molecule has 0 fully saturated rings. The van der Waals surface area contributed by atoms with Crippen LogP contribution in [0.5, 0.6) is 0 Å². The van der Waals surface area contributed by atoms with Gasteiger partial charge in [0.2, 0.25) is 5.89 Å². The molecule has 23 heavy (non-hydrogen) atoms. The fraction of sp³-hybridized carbons (Fsp3) is 0.0556. The number of rotatable bonds is 4. The van der Waals surface area contributed by atoms with E-state index in [0.29, 0.717) is 28.6 Å². The van der Waals surface area contributed by atoms with Crippen molar-refractivity contribution in [2.75, 3.05) is 0 Å². The van der Waals surface area contributed by atoms with Crippen molar-refractivity contribution in [1.82, 2.24) is 9.97 Å². The van der Waals surface area contributed by atoms with Crippen LogP contribution in [0.3, 0.4) is 0 Å². The Hall–Kier alpha value is -3.21. The topological polar surface area (TPSA) is 77.3 Å². The molecule has 0 saturated heterocycles. The number of hydrogen-bond donors (Lipinski definition) is 1. The number of nitrogens with two attached hydrogens (primary N) is 1. The Balaban J connectivity index is 2.25. The first-order chi connectivity index (χ1) is 11.2. The molecule has 114 valence electrons. The molecule has 0 saturated carbocycles. The van der Waals surface area contributed by atoms with Gasteiger partial charge in [-0.1, -0.05) is 24.8 Å². The monoisotopic (exact) mass is 304 g/mol. The molecule has 0 aliphatic carbocycles. The zero-order valence-electron chi connectivity index (χ0n) is 12.7. The van der Waals surface area contributed by atoms with Crippen LogP contribution in [0.4, 0.5) is 0 Å². The summed E-state index contributed by atoms with van der Waals surface area (Å²) < 4.78 is 5.84. The summed E-state index contributed by atoms with van der Waals surface area (Å²) in [6.07, 6.45) is 5.07. The molecule has 0 unspecified atom stereocenters. The molecular formula is C18H16N4O. The number of aliphatic imine (C=N–C) groups is 1. The summed E-state index contributed by atoms with van der Waals surface area (Å²) in [6.45, 7) is 5.61. The van der Waals surface area contributed by atoms with Crippen molar-refractivity contribution in [3.8, 4) is 0 Å². The van der Waals surface area contributed by atoms with Crippen molar-refractivity contribution in [1.29, 1.82) is 0 Å². The molecule has 5 nitrogen and oxygen atoms in total. The number of oxazole rings is 1. The van der Waals surface area contributed by atoms with Crippen LogP contribution in [-0.4, -0.2) is 15.8 Å². The normalized spacial score (nSPS) is 13.0. The summed E-state index contributed by atoms with van der Waals surface area (Å²) >= 11 is 0. The van der Waals surface area contributed by atoms with Crippen LogP contribution in [0.15, 0.2) is 70.9 Å². The van der Waals surface area contributed by atoms with Gasteiger partial charge in [-0.15, -0.1) is 0 Å². The zero-order valence-corrected chi connectivity index (χ0v) is 12.7. The molecule has 3 aromatic rings. The van der Waals surface area contributed by atoms with Crippen molar-refractivity contribution in [3.05, 3.63) is 72.9 Å². The van der Waals surface area contributed by atoms with E-state index in [2.05, 4.69) is 21.5 Å². The summed E-state index contributed by atoms with van der Waals surface area (Å²) in [4.78, 5) is 13.0. The van der Waals surface area contributed by atoms with Crippen LogP contribution < -0.4 is 5.73 Å². The second kappa shape index (κ2) is 6.27. The van der Waals surface area contributed by atoms with Gasteiger partial charge in [0.1, 0.15) is 5.52 Å². The van der Waals surface area contributed by atoms with E-state index >= 15 is 0 Å². The second-order valence-corrected chi connectivity index (χ2v) is 4.94. The lowest BCUT2D eigenvalue weighted by Crippen LogP contribution is -2.06. The summed E-state index contributed by atoms with van der Waals surface area (Å²) in [5.41, 5.74) is 9.47. The van der Waals surface area contributed by atoms with Crippen molar-refractivity contribution >= 4 is 28.2 Å². The highest BCUT2D eigenvalue weighted by Gasteiger charge is 2.15. The predicted molar refractivity (Wildman–Crippen MR) is 92.6 cm³/mol. The standard InChI is InChI=1S/C18H16N4O/c1-3-14(18-22-15-6-4-5-7-16(15)23-18)17(21-12(2)19)13-8-10-20-11-9-13/h3-11H,1H2,2H3,(H2,19,21)/b17-14+. The van der Waals surface area contributed by atoms with Gasteiger partial charge in [-0.05, 0) is 31.2 Å². The van der Waals surface area contributed by atoms with Crippen LogP contribution in [0.25, 0.3) is 22.4 Å². The Bertz CT molecular complexity index is 870. The Morgan fingerprint density at radius 1 is 1.22 bits per heavy atom. The van der Waals surface area contributed by atoms with E-state index in [1.54, 1.807) is 25.4 Å². The highest BCUT2D eigenvalue weighted by atomic mass is 16.3. The lowest BCUT2D eigenvalue weighted by molar-refractivity contribution is 0.586. The predicted octanol–water partition coefficient (Wildman–Crippen LogP) is 3.65. The molecule has 0 bridgehead atoms. The molecule has 3 rings (SSSR count). The Morgan fingerprint density at radius 2 is 1.96 bits per heavy atom. The molecule has 0 radical (unpaired) electrons. The molecule has 5 heteroatoms. The van der Waals surface area contributed by atoms with Gasteiger partial charge in [-0.2, -0.15) is 0 Å². The summed E-state index contributed by atoms with van der Waals surface area (Å²) in [5, 5.41) is 0. The Labute approximate surface area is 133 Å². The number of fused-ring (bicyclic) bond motifs is 1. The first kappa shape index (κ1) is 14.7. The Kier molecular flexibility index (Phi) is 4.01. The maximum atomic E-state index is 5.84. The average Bonchev–Trinajstić information content (AvgIpc) is 2.98. The van der Waals surface area contributed by atoms with Crippen LogP contribution in [-0.2, 0) is 0 Å². The van der Waals surface area contributed by atoms with E-state index in [-0.39, 0.29) is 0 Å². The molecule has 0 atom stereocenters. The highest BCUT2D eigenvalue weighted by molar-refractivity contribution is 5.98. The van der Waals surface area contributed by atoms with Gasteiger partial charge in [0.05, 0.1) is 17.1 Å². The maximum Gasteiger partial charge on any atom is 0.229 e. The molecule has 0 spiro atoms. The number of hydrogen-bond acceptors (Lipinski definition) is 4. The number of nitrogens with zero attached hydrogens (tertiary/aromatic N) is 3. The summed E-state index contributed by atoms with van der Waals surface area (Å²) in [5.74, 6) is 0.894. The molecule has 2 heterocycles. The SMILES string of the molecule is C=C/C(=C(\N=C(/C)N)c1ccncc1)c1nc2ccccc2o1. The molecular weight excluding hydrogens is 288 g/mol. The fourth-order valence-electron chi connectivity index (χ4n) is 2.24. The number of aromatic nitrogens is 2. The first-order valence-corrected chi connectivity index (χ1v) is 7.13. The molecule has 1 aromatic carbocycles. The van der Waals surface area contributed by atoms with E-state index in [1.807, 2.05) is 36.4 Å². The largest absolute Gasteiger partial charge is 0.436 e. The van der Waals surface area contributed by atoms with Crippen LogP contribution in [0.1, 0.15) is 18.4 Å². The number of para-hydroxylation sites is 2. The number of benzene rings is 1. The Morgan fingerprint density at radius 3 is 2.61 bits per heavy atom. The van der Waals surface area contributed by atoms with Crippen molar-refractivity contribution in [2.45, 2.75) is 6.92 Å². The first-order valence-electron chi connectivity index (χ1n) is 7.13. The van der Waals surface area contributed by atoms with Gasteiger partial charge >= 0.3 is 0 Å². The number of pyridine rings is 1. The smallest absolute Gasteiger partial charge is 0.229 e. The van der Waals surface area contributed by atoms with Crippen LogP contribution in [0, 0.1) is 0 Å². The van der Waals surface area contributed by atoms with Crippen LogP contribution in [0.2, 0.25) is 0 Å². The fourth-order valence-corrected chi connectivity index (χ4v) is 2.24. The highest BCUT2D eigenvalue weighted by Crippen LogP contribution is 2.29. The van der Waals surface area contributed by atoms with Gasteiger partial charge < -0.3 is 10.2 Å². The lowest BCUT2D eigenvalue weighted by Gasteiger charge is -2.07. The minimum Gasteiger partial charge on any atom is -0.436 e. The van der Waals surface area contributed by atoms with E-state index < -0.39 is 0 Å².